The van der Waals surface area contributed by atoms with Gasteiger partial charge in [-0.15, -0.1) is 0 Å². The molecule has 2 aliphatic carbocycles. The van der Waals surface area contributed by atoms with Gasteiger partial charge in [-0.3, -0.25) is 14.7 Å². The number of aromatic nitrogens is 3. The van der Waals surface area contributed by atoms with E-state index in [0.717, 1.165) is 19.0 Å². The van der Waals surface area contributed by atoms with Crippen LogP contribution in [0.15, 0.2) is 18.3 Å². The molecule has 11 heteroatoms. The van der Waals surface area contributed by atoms with Crippen LogP contribution in [-0.4, -0.2) is 80.5 Å². The fourth-order valence-corrected chi connectivity index (χ4v) is 6.12. The molecule has 0 unspecified atom stereocenters. The monoisotopic (exact) mass is 485 g/mol. The molecule has 5 aliphatic rings. The van der Waals surface area contributed by atoms with Gasteiger partial charge in [0.25, 0.3) is 5.91 Å². The lowest BCUT2D eigenvalue weighted by Gasteiger charge is -2.45. The van der Waals surface area contributed by atoms with Crippen LogP contribution in [0.3, 0.4) is 0 Å². The van der Waals surface area contributed by atoms with E-state index in [-0.39, 0.29) is 52.6 Å². The number of nitrogens with one attached hydrogen (secondary N) is 2. The molecule has 2 saturated carbocycles. The average molecular weight is 486 g/mol. The minimum absolute atomic E-state index is 0.00588. The molecular weight excluding hydrogens is 457 g/mol. The third kappa shape index (κ3) is 3.59. The van der Waals surface area contributed by atoms with E-state index in [0.29, 0.717) is 44.5 Å². The number of hydrogen-bond acceptors (Lipinski definition) is 7. The number of amides is 2. The Morgan fingerprint density at radius 3 is 2.86 bits per heavy atom. The Labute approximate surface area is 201 Å². The van der Waals surface area contributed by atoms with Crippen molar-refractivity contribution in [1.82, 2.24) is 25.4 Å². The van der Waals surface area contributed by atoms with Gasteiger partial charge in [0.15, 0.2) is 5.82 Å². The minimum atomic E-state index is -0.559. The number of likely N-dealkylation sites (tertiary alicyclic amines) is 1. The molecule has 7 rings (SSSR count). The fraction of sp³-hybridized carbons (Fsp3) is 0.583. The lowest BCUT2D eigenvalue weighted by Crippen LogP contribution is -2.62. The Bertz CT molecular complexity index is 1190. The Kier molecular flexibility index (Phi) is 4.95. The Morgan fingerprint density at radius 2 is 2.17 bits per heavy atom. The summed E-state index contributed by atoms with van der Waals surface area (Å²) >= 11 is 0. The van der Waals surface area contributed by atoms with Crippen molar-refractivity contribution in [1.29, 1.82) is 0 Å². The molecule has 1 spiro atoms. The standard InChI is InChI=1S/C24H28FN5O5/c1-34-19-6-15(16(25)9-26-19)17-7-18(29-28-17)21(33)30-5-2-14(8-23(30)3-4-23)20(32)27-22-10-24(11-22,12-31)35-13-22/h6-7,9,14,31H,2-5,8,10-13H2,1H3,(H,27,32)(H,28,29)/t14-,22?,24?/m0/s1. The first kappa shape index (κ1) is 22.4. The van der Waals surface area contributed by atoms with Crippen LogP contribution in [0.4, 0.5) is 4.39 Å². The maximum atomic E-state index is 14.3. The number of rotatable bonds is 6. The van der Waals surface area contributed by atoms with Crippen molar-refractivity contribution in [2.75, 3.05) is 26.9 Å². The number of piperidine rings is 1. The summed E-state index contributed by atoms with van der Waals surface area (Å²) in [5.41, 5.74) is -0.398. The van der Waals surface area contributed by atoms with E-state index < -0.39 is 11.4 Å². The average Bonchev–Trinajstić information content (AvgIpc) is 3.19. The van der Waals surface area contributed by atoms with Crippen molar-refractivity contribution in [3.8, 4) is 17.1 Å². The zero-order valence-electron chi connectivity index (χ0n) is 19.5. The van der Waals surface area contributed by atoms with E-state index in [1.165, 1.54) is 13.2 Å². The summed E-state index contributed by atoms with van der Waals surface area (Å²) in [6.45, 7) is 0.881. The lowest BCUT2D eigenvalue weighted by molar-refractivity contribution is -0.130. The van der Waals surface area contributed by atoms with Crippen LogP contribution < -0.4 is 10.1 Å². The molecule has 186 valence electrons. The van der Waals surface area contributed by atoms with Crippen molar-refractivity contribution >= 4 is 11.8 Å². The molecule has 5 heterocycles. The molecule has 2 amide bonds. The third-order valence-electron chi connectivity index (χ3n) is 8.12. The maximum Gasteiger partial charge on any atom is 0.272 e. The fourth-order valence-electron chi connectivity index (χ4n) is 6.12. The summed E-state index contributed by atoms with van der Waals surface area (Å²) in [7, 11) is 1.44. The number of carbonyl (C=O) groups is 2. The molecule has 3 saturated heterocycles. The number of pyridine rings is 1. The van der Waals surface area contributed by atoms with Crippen molar-refractivity contribution in [2.45, 2.75) is 55.2 Å². The molecule has 10 nitrogen and oxygen atoms in total. The van der Waals surface area contributed by atoms with E-state index in [2.05, 4.69) is 20.5 Å². The number of hydrogen-bond donors (Lipinski definition) is 3. The van der Waals surface area contributed by atoms with Crippen LogP contribution in [-0.2, 0) is 9.53 Å². The molecule has 1 atom stereocenters. The summed E-state index contributed by atoms with van der Waals surface area (Å²) in [5.74, 6) is -0.669. The normalized spacial score (nSPS) is 30.1. The number of fused-ring (bicyclic) bond motifs is 1. The summed E-state index contributed by atoms with van der Waals surface area (Å²) < 4.78 is 25.1. The van der Waals surface area contributed by atoms with Gasteiger partial charge in [-0.1, -0.05) is 0 Å². The van der Waals surface area contributed by atoms with Crippen LogP contribution in [0.25, 0.3) is 11.3 Å². The number of H-pyrrole nitrogens is 1. The SMILES string of the molecule is COc1cc(-c2cc(C(=O)N3CC[C@H](C(=O)NC45COC(CO)(C4)C5)CC34CC4)[nH]n2)c(F)cn1. The molecule has 5 fully saturated rings. The summed E-state index contributed by atoms with van der Waals surface area (Å²) in [4.78, 5) is 32.1. The number of aliphatic hydroxyl groups is 1. The van der Waals surface area contributed by atoms with E-state index in [1.807, 2.05) is 4.90 Å². The van der Waals surface area contributed by atoms with Crippen LogP contribution in [0.1, 0.15) is 49.0 Å². The van der Waals surface area contributed by atoms with Crippen molar-refractivity contribution in [2.24, 2.45) is 5.92 Å². The summed E-state index contributed by atoms with van der Waals surface area (Å²) in [5, 5.41) is 19.6. The molecule has 2 aromatic heterocycles. The highest BCUT2D eigenvalue weighted by Gasteiger charge is 2.63. The molecular formula is C24H28FN5O5. The first-order chi connectivity index (χ1) is 16.8. The Morgan fingerprint density at radius 1 is 1.37 bits per heavy atom. The second-order valence-corrected chi connectivity index (χ2v) is 10.5. The van der Waals surface area contributed by atoms with Crippen molar-refractivity contribution < 1.29 is 28.6 Å². The van der Waals surface area contributed by atoms with Crippen LogP contribution in [0.2, 0.25) is 0 Å². The second-order valence-electron chi connectivity index (χ2n) is 10.5. The van der Waals surface area contributed by atoms with Gasteiger partial charge in [0.1, 0.15) is 5.69 Å². The molecule has 2 aromatic rings. The zero-order chi connectivity index (χ0) is 24.4. The number of nitrogens with zero attached hydrogens (tertiary/aromatic N) is 3. The van der Waals surface area contributed by atoms with Crippen LogP contribution in [0, 0.1) is 11.7 Å². The van der Waals surface area contributed by atoms with Gasteiger partial charge >= 0.3 is 0 Å². The maximum absolute atomic E-state index is 14.3. The third-order valence-corrected chi connectivity index (χ3v) is 8.12. The number of aliphatic hydroxyl groups excluding tert-OH is 1. The van der Waals surface area contributed by atoms with Gasteiger partial charge in [0.05, 0.1) is 43.4 Å². The molecule has 3 aliphatic heterocycles. The van der Waals surface area contributed by atoms with Gasteiger partial charge in [0.2, 0.25) is 11.8 Å². The number of ether oxygens (including phenoxy) is 2. The predicted octanol–water partition coefficient (Wildman–Crippen LogP) is 1.41. The van der Waals surface area contributed by atoms with Crippen molar-refractivity contribution in [3.05, 3.63) is 29.8 Å². The van der Waals surface area contributed by atoms with E-state index in [4.69, 9.17) is 9.47 Å². The van der Waals surface area contributed by atoms with E-state index in [1.54, 1.807) is 6.07 Å². The molecule has 35 heavy (non-hydrogen) atoms. The van der Waals surface area contributed by atoms with Crippen molar-refractivity contribution in [3.63, 3.8) is 0 Å². The minimum Gasteiger partial charge on any atom is -0.481 e. The number of halogens is 1. The molecule has 3 N–H and O–H groups in total. The highest BCUT2D eigenvalue weighted by Crippen LogP contribution is 2.53. The predicted molar refractivity (Wildman–Crippen MR) is 120 cm³/mol. The topological polar surface area (TPSA) is 130 Å². The number of methoxy groups -OCH3 is 1. The summed E-state index contributed by atoms with van der Waals surface area (Å²) in [6.07, 6.45) is 5.24. The highest BCUT2D eigenvalue weighted by atomic mass is 19.1. The largest absolute Gasteiger partial charge is 0.481 e. The Balaban J connectivity index is 1.13. The zero-order valence-corrected chi connectivity index (χ0v) is 19.5. The first-order valence-corrected chi connectivity index (χ1v) is 11.9. The summed E-state index contributed by atoms with van der Waals surface area (Å²) in [6, 6.07) is 2.98. The van der Waals surface area contributed by atoms with Crippen LogP contribution >= 0.6 is 0 Å². The van der Waals surface area contributed by atoms with Crippen LogP contribution in [0.5, 0.6) is 5.88 Å². The second kappa shape index (κ2) is 7.72. The Hall–Kier alpha value is -3.05. The number of aromatic amines is 1. The first-order valence-electron chi connectivity index (χ1n) is 11.9. The van der Waals surface area contributed by atoms with Gasteiger partial charge in [0, 0.05) is 42.5 Å². The smallest absolute Gasteiger partial charge is 0.272 e. The molecule has 2 bridgehead atoms. The molecule has 0 aromatic carbocycles. The molecule has 0 radical (unpaired) electrons. The number of carbonyl (C=O) groups excluding carboxylic acids is 2. The van der Waals surface area contributed by atoms with Gasteiger partial charge in [-0.25, -0.2) is 9.37 Å². The van der Waals surface area contributed by atoms with Gasteiger partial charge < -0.3 is 24.8 Å². The highest BCUT2D eigenvalue weighted by molar-refractivity contribution is 5.94. The quantitative estimate of drug-likeness (QED) is 0.564. The lowest BCUT2D eigenvalue weighted by atomic mass is 9.68. The van der Waals surface area contributed by atoms with E-state index in [9.17, 15) is 19.1 Å². The van der Waals surface area contributed by atoms with Gasteiger partial charge in [-0.2, -0.15) is 5.10 Å². The van der Waals surface area contributed by atoms with E-state index >= 15 is 0 Å². The van der Waals surface area contributed by atoms with Gasteiger partial charge in [-0.05, 0) is 31.7 Å².